The highest BCUT2D eigenvalue weighted by Gasteiger charge is 2.23. The van der Waals surface area contributed by atoms with Gasteiger partial charge in [-0.25, -0.2) is 0 Å². The molecule has 3 rings (SSSR count). The van der Waals surface area contributed by atoms with Gasteiger partial charge in [-0.1, -0.05) is 18.2 Å². The van der Waals surface area contributed by atoms with Crippen LogP contribution in [-0.2, 0) is 0 Å². The van der Waals surface area contributed by atoms with E-state index < -0.39 is 0 Å². The first-order valence-electron chi connectivity index (χ1n) is 5.62. The number of rotatable bonds is 1. The Bertz CT molecular complexity index is 439. The first kappa shape index (κ1) is 8.98. The molecule has 1 aliphatic rings. The van der Waals surface area contributed by atoms with Crippen LogP contribution in [0, 0.1) is 0 Å². The molecule has 0 spiro atoms. The Hall–Kier alpha value is -1.28. The molecule has 1 aromatic carbocycles. The zero-order chi connectivity index (χ0) is 10.3. The highest BCUT2D eigenvalue weighted by molar-refractivity contribution is 5.80. The number of H-pyrrole nitrogens is 1. The van der Waals surface area contributed by atoms with Gasteiger partial charge in [0.1, 0.15) is 0 Å². The summed E-state index contributed by atoms with van der Waals surface area (Å²) in [5.41, 5.74) is 2.63. The first-order valence-corrected chi connectivity index (χ1v) is 5.62. The molecule has 2 heterocycles. The topological polar surface area (TPSA) is 19.0 Å². The number of hydrogen-bond donors (Lipinski definition) is 1. The summed E-state index contributed by atoms with van der Waals surface area (Å²) in [5.74, 6) is 0. The van der Waals surface area contributed by atoms with Crippen molar-refractivity contribution in [1.82, 2.24) is 9.88 Å². The second kappa shape index (κ2) is 3.38. The monoisotopic (exact) mass is 200 g/mol. The van der Waals surface area contributed by atoms with E-state index >= 15 is 0 Å². The average Bonchev–Trinajstić information content (AvgIpc) is 2.82. The third kappa shape index (κ3) is 1.45. The van der Waals surface area contributed by atoms with Crippen molar-refractivity contribution in [3.8, 4) is 0 Å². The molecule has 0 aliphatic carbocycles. The minimum Gasteiger partial charge on any atom is -0.357 e. The molecule has 1 aliphatic heterocycles. The maximum Gasteiger partial charge on any atom is 0.0496 e. The van der Waals surface area contributed by atoms with Crippen molar-refractivity contribution in [2.24, 2.45) is 0 Å². The van der Waals surface area contributed by atoms with Gasteiger partial charge in [-0.05, 0) is 44.0 Å². The van der Waals surface area contributed by atoms with Crippen LogP contribution < -0.4 is 0 Å². The van der Waals surface area contributed by atoms with Crippen molar-refractivity contribution in [1.29, 1.82) is 0 Å². The summed E-state index contributed by atoms with van der Waals surface area (Å²) < 4.78 is 0. The fourth-order valence-corrected chi connectivity index (χ4v) is 2.58. The molecule has 1 saturated heterocycles. The van der Waals surface area contributed by atoms with Crippen LogP contribution in [0.3, 0.4) is 0 Å². The molecule has 1 unspecified atom stereocenters. The maximum atomic E-state index is 3.53. The summed E-state index contributed by atoms with van der Waals surface area (Å²) in [4.78, 5) is 5.96. The van der Waals surface area contributed by atoms with Crippen LogP contribution in [0.25, 0.3) is 10.9 Å². The number of benzene rings is 1. The van der Waals surface area contributed by atoms with Gasteiger partial charge in [0.05, 0.1) is 0 Å². The number of nitrogens with one attached hydrogen (secondary N) is 1. The molecule has 15 heavy (non-hydrogen) atoms. The zero-order valence-corrected chi connectivity index (χ0v) is 9.03. The van der Waals surface area contributed by atoms with Crippen LogP contribution in [0.2, 0.25) is 0 Å². The van der Waals surface area contributed by atoms with Crippen LogP contribution in [0.1, 0.15) is 24.6 Å². The van der Waals surface area contributed by atoms with Crippen LogP contribution in [0.15, 0.2) is 30.3 Å². The van der Waals surface area contributed by atoms with Gasteiger partial charge in [-0.3, -0.25) is 4.90 Å². The minimum atomic E-state index is 0.595. The van der Waals surface area contributed by atoms with Crippen molar-refractivity contribution in [2.75, 3.05) is 13.6 Å². The van der Waals surface area contributed by atoms with Crippen molar-refractivity contribution in [3.05, 3.63) is 36.0 Å². The summed E-state index contributed by atoms with van der Waals surface area (Å²) in [6.45, 7) is 1.22. The van der Waals surface area contributed by atoms with Crippen molar-refractivity contribution < 1.29 is 0 Å². The van der Waals surface area contributed by atoms with Crippen LogP contribution in [0.4, 0.5) is 0 Å². The molecule has 0 amide bonds. The zero-order valence-electron chi connectivity index (χ0n) is 9.03. The molecule has 1 atom stereocenters. The van der Waals surface area contributed by atoms with E-state index in [1.807, 2.05) is 0 Å². The predicted molar refractivity (Wildman–Crippen MR) is 62.9 cm³/mol. The van der Waals surface area contributed by atoms with Crippen LogP contribution in [-0.4, -0.2) is 23.5 Å². The molecule has 2 aromatic rings. The van der Waals surface area contributed by atoms with Crippen molar-refractivity contribution in [2.45, 2.75) is 18.9 Å². The number of hydrogen-bond acceptors (Lipinski definition) is 1. The number of nitrogens with zero attached hydrogens (tertiary/aromatic N) is 1. The third-order valence-corrected chi connectivity index (χ3v) is 3.43. The fourth-order valence-electron chi connectivity index (χ4n) is 2.58. The lowest BCUT2D eigenvalue weighted by atomic mass is 10.1. The van der Waals surface area contributed by atoms with E-state index in [2.05, 4.69) is 47.3 Å². The summed E-state index contributed by atoms with van der Waals surface area (Å²) in [5, 5.41) is 1.33. The molecule has 78 valence electrons. The van der Waals surface area contributed by atoms with Gasteiger partial charge in [-0.2, -0.15) is 0 Å². The summed E-state index contributed by atoms with van der Waals surface area (Å²) in [6, 6.07) is 11.4. The SMILES string of the molecule is CN1CCCC1c1cc2ccccc2[nH]1. The Balaban J connectivity index is 2.04. The number of para-hydroxylation sites is 1. The molecule has 2 nitrogen and oxygen atoms in total. The van der Waals surface area contributed by atoms with Gasteiger partial charge in [0.2, 0.25) is 0 Å². The highest BCUT2D eigenvalue weighted by Crippen LogP contribution is 2.31. The quantitative estimate of drug-likeness (QED) is 0.750. The van der Waals surface area contributed by atoms with E-state index in [4.69, 9.17) is 0 Å². The largest absolute Gasteiger partial charge is 0.357 e. The summed E-state index contributed by atoms with van der Waals surface area (Å²) >= 11 is 0. The van der Waals surface area contributed by atoms with E-state index in [0.29, 0.717) is 6.04 Å². The highest BCUT2D eigenvalue weighted by atomic mass is 15.2. The molecule has 2 heteroatoms. The van der Waals surface area contributed by atoms with E-state index in [-0.39, 0.29) is 0 Å². The van der Waals surface area contributed by atoms with E-state index in [0.717, 1.165) is 0 Å². The number of aromatic amines is 1. The maximum absolute atomic E-state index is 3.53. The lowest BCUT2D eigenvalue weighted by molar-refractivity contribution is 0.313. The molecule has 1 N–H and O–H groups in total. The third-order valence-electron chi connectivity index (χ3n) is 3.43. The van der Waals surface area contributed by atoms with Gasteiger partial charge in [0.15, 0.2) is 0 Å². The average molecular weight is 200 g/mol. The molecule has 0 saturated carbocycles. The molecular formula is C13H16N2. The number of likely N-dealkylation sites (tertiary alicyclic amines) is 1. The Kier molecular flexibility index (Phi) is 2.03. The summed E-state index contributed by atoms with van der Waals surface area (Å²) in [7, 11) is 2.21. The first-order chi connectivity index (χ1) is 7.34. The van der Waals surface area contributed by atoms with Crippen LogP contribution >= 0.6 is 0 Å². The van der Waals surface area contributed by atoms with Crippen LogP contribution in [0.5, 0.6) is 0 Å². The number of fused-ring (bicyclic) bond motifs is 1. The van der Waals surface area contributed by atoms with Gasteiger partial charge in [-0.15, -0.1) is 0 Å². The smallest absolute Gasteiger partial charge is 0.0496 e. The summed E-state index contributed by atoms with van der Waals surface area (Å²) in [6.07, 6.45) is 2.60. The van der Waals surface area contributed by atoms with Gasteiger partial charge in [0, 0.05) is 17.3 Å². The second-order valence-corrected chi connectivity index (χ2v) is 4.45. The Labute approximate surface area is 89.9 Å². The molecular weight excluding hydrogens is 184 g/mol. The fraction of sp³-hybridized carbons (Fsp3) is 0.385. The Morgan fingerprint density at radius 3 is 2.93 bits per heavy atom. The second-order valence-electron chi connectivity index (χ2n) is 4.45. The van der Waals surface area contributed by atoms with E-state index in [1.54, 1.807) is 0 Å². The predicted octanol–water partition coefficient (Wildman–Crippen LogP) is 2.93. The normalized spacial score (nSPS) is 22.6. The van der Waals surface area contributed by atoms with Crippen molar-refractivity contribution >= 4 is 10.9 Å². The minimum absolute atomic E-state index is 0.595. The lowest BCUT2D eigenvalue weighted by Gasteiger charge is -2.17. The van der Waals surface area contributed by atoms with E-state index in [1.165, 1.54) is 36.0 Å². The van der Waals surface area contributed by atoms with Gasteiger partial charge in [0.25, 0.3) is 0 Å². The standard InChI is InChI=1S/C13H16N2/c1-15-8-4-7-13(15)12-9-10-5-2-3-6-11(10)14-12/h2-3,5-6,9,13-14H,4,7-8H2,1H3. The van der Waals surface area contributed by atoms with Crippen molar-refractivity contribution in [3.63, 3.8) is 0 Å². The lowest BCUT2D eigenvalue weighted by Crippen LogP contribution is -2.17. The molecule has 0 radical (unpaired) electrons. The van der Waals surface area contributed by atoms with Gasteiger partial charge < -0.3 is 4.98 Å². The molecule has 1 aromatic heterocycles. The Morgan fingerprint density at radius 1 is 1.33 bits per heavy atom. The van der Waals surface area contributed by atoms with Gasteiger partial charge >= 0.3 is 0 Å². The Morgan fingerprint density at radius 2 is 2.20 bits per heavy atom. The van der Waals surface area contributed by atoms with E-state index in [9.17, 15) is 0 Å². The molecule has 1 fully saturated rings. The molecule has 0 bridgehead atoms. The number of aromatic nitrogens is 1.